The van der Waals surface area contributed by atoms with Crippen LogP contribution in [0, 0.1) is 6.92 Å². The van der Waals surface area contributed by atoms with E-state index in [0.29, 0.717) is 28.4 Å². The minimum atomic E-state index is -0.827. The maximum absolute atomic E-state index is 13.3. The molecule has 3 aromatic rings. The zero-order valence-electron chi connectivity index (χ0n) is 19.3. The summed E-state index contributed by atoms with van der Waals surface area (Å²) in [5, 5.41) is 13.3. The minimum absolute atomic E-state index is 0.00215. The first-order valence-electron chi connectivity index (χ1n) is 10.6. The van der Waals surface area contributed by atoms with E-state index in [4.69, 9.17) is 14.2 Å². The van der Waals surface area contributed by atoms with E-state index in [2.05, 4.69) is 0 Å². The molecule has 1 amide bonds. The number of hydrogen-bond donors (Lipinski definition) is 1. The second-order valence-electron chi connectivity index (χ2n) is 7.82. The summed E-state index contributed by atoms with van der Waals surface area (Å²) in [5.74, 6) is -0.346. The van der Waals surface area contributed by atoms with Gasteiger partial charge in [0.05, 0.1) is 45.1 Å². The van der Waals surface area contributed by atoms with Gasteiger partial charge in [0.1, 0.15) is 11.5 Å². The molecule has 8 heteroatoms. The molecule has 1 fully saturated rings. The number of ketones is 1. The summed E-state index contributed by atoms with van der Waals surface area (Å²) in [6.45, 7) is 2.10. The van der Waals surface area contributed by atoms with Crippen LogP contribution in [0.2, 0.25) is 0 Å². The number of aryl methyl sites for hydroxylation is 1. The molecule has 1 N–H and O–H groups in total. The van der Waals surface area contributed by atoms with E-state index in [-0.39, 0.29) is 17.9 Å². The maximum Gasteiger partial charge on any atom is 0.295 e. The second kappa shape index (κ2) is 9.61. The molecule has 2 aromatic carbocycles. The first-order valence-corrected chi connectivity index (χ1v) is 11.4. The van der Waals surface area contributed by atoms with Crippen molar-refractivity contribution < 1.29 is 28.9 Å². The Morgan fingerprint density at radius 1 is 0.971 bits per heavy atom. The number of likely N-dealkylation sites (tertiary alicyclic amines) is 1. The van der Waals surface area contributed by atoms with Gasteiger partial charge in [0.25, 0.3) is 11.7 Å². The number of carbonyl (C=O) groups is 2. The minimum Gasteiger partial charge on any atom is -0.507 e. The number of hydrogen-bond acceptors (Lipinski definition) is 7. The molecule has 1 aliphatic heterocycles. The molecule has 0 aliphatic carbocycles. The molecule has 34 heavy (non-hydrogen) atoms. The second-order valence-corrected chi connectivity index (χ2v) is 8.86. The Balaban J connectivity index is 1.94. The molecule has 1 saturated heterocycles. The van der Waals surface area contributed by atoms with Crippen molar-refractivity contribution in [3.8, 4) is 17.2 Å². The fourth-order valence-electron chi connectivity index (χ4n) is 4.13. The predicted molar refractivity (Wildman–Crippen MR) is 129 cm³/mol. The lowest BCUT2D eigenvalue weighted by molar-refractivity contribution is -0.140. The highest BCUT2D eigenvalue weighted by molar-refractivity contribution is 7.09. The first kappa shape index (κ1) is 23.4. The maximum atomic E-state index is 13.3. The van der Waals surface area contributed by atoms with Gasteiger partial charge in [-0.15, -0.1) is 11.3 Å². The number of benzene rings is 2. The van der Waals surface area contributed by atoms with Gasteiger partial charge in [-0.05, 0) is 48.2 Å². The van der Waals surface area contributed by atoms with Crippen LogP contribution in [0.5, 0.6) is 17.2 Å². The van der Waals surface area contributed by atoms with E-state index in [1.165, 1.54) is 37.6 Å². The average molecular weight is 480 g/mol. The SMILES string of the molecule is COc1ccc(C2/C(=C(\O)c3cc(C)ccc3OC)C(=O)C(=O)N2Cc2cccs2)cc1OC. The molecule has 0 saturated carbocycles. The molecule has 1 aromatic heterocycles. The van der Waals surface area contributed by atoms with Crippen molar-refractivity contribution in [1.82, 2.24) is 4.90 Å². The summed E-state index contributed by atoms with van der Waals surface area (Å²) in [6.07, 6.45) is 0. The summed E-state index contributed by atoms with van der Waals surface area (Å²) in [7, 11) is 4.54. The highest BCUT2D eigenvalue weighted by Crippen LogP contribution is 2.44. The van der Waals surface area contributed by atoms with E-state index in [1.807, 2.05) is 30.5 Å². The lowest BCUT2D eigenvalue weighted by Crippen LogP contribution is -2.28. The molecule has 4 rings (SSSR count). The van der Waals surface area contributed by atoms with Crippen LogP contribution in [0.4, 0.5) is 0 Å². The van der Waals surface area contributed by atoms with E-state index in [9.17, 15) is 14.7 Å². The number of rotatable bonds is 7. The number of aliphatic hydroxyl groups is 1. The predicted octanol–water partition coefficient (Wildman–Crippen LogP) is 4.70. The average Bonchev–Trinajstić information content (AvgIpc) is 3.45. The van der Waals surface area contributed by atoms with Gasteiger partial charge < -0.3 is 24.2 Å². The molecule has 1 atom stereocenters. The number of carbonyl (C=O) groups excluding carboxylic acids is 2. The largest absolute Gasteiger partial charge is 0.507 e. The van der Waals surface area contributed by atoms with Gasteiger partial charge >= 0.3 is 0 Å². The van der Waals surface area contributed by atoms with Crippen LogP contribution >= 0.6 is 11.3 Å². The van der Waals surface area contributed by atoms with Gasteiger partial charge in [-0.1, -0.05) is 23.8 Å². The highest BCUT2D eigenvalue weighted by Gasteiger charge is 2.46. The van der Waals surface area contributed by atoms with E-state index < -0.39 is 17.7 Å². The molecular weight excluding hydrogens is 454 g/mol. The topological polar surface area (TPSA) is 85.3 Å². The third kappa shape index (κ3) is 4.12. The zero-order chi connectivity index (χ0) is 24.4. The van der Waals surface area contributed by atoms with Gasteiger partial charge in [-0.25, -0.2) is 0 Å². The molecular formula is C26H25NO6S. The Bertz CT molecular complexity index is 1260. The Labute approximate surface area is 201 Å². The number of ether oxygens (including phenoxy) is 3. The van der Waals surface area contributed by atoms with Gasteiger partial charge in [0.15, 0.2) is 11.5 Å². The fraction of sp³-hybridized carbons (Fsp3) is 0.231. The highest BCUT2D eigenvalue weighted by atomic mass is 32.1. The number of methoxy groups -OCH3 is 3. The molecule has 0 radical (unpaired) electrons. The zero-order valence-corrected chi connectivity index (χ0v) is 20.1. The van der Waals surface area contributed by atoms with E-state index >= 15 is 0 Å². The van der Waals surface area contributed by atoms with Crippen molar-refractivity contribution in [3.63, 3.8) is 0 Å². The van der Waals surface area contributed by atoms with Gasteiger partial charge in [-0.2, -0.15) is 0 Å². The molecule has 1 aliphatic rings. The summed E-state index contributed by atoms with van der Waals surface area (Å²) in [5.41, 5.74) is 1.83. The van der Waals surface area contributed by atoms with Crippen molar-refractivity contribution in [2.75, 3.05) is 21.3 Å². The van der Waals surface area contributed by atoms with Crippen LogP contribution < -0.4 is 14.2 Å². The molecule has 7 nitrogen and oxygen atoms in total. The smallest absolute Gasteiger partial charge is 0.295 e. The monoisotopic (exact) mass is 479 g/mol. The Kier molecular flexibility index (Phi) is 6.61. The Morgan fingerprint density at radius 2 is 1.68 bits per heavy atom. The quantitative estimate of drug-likeness (QED) is 0.300. The molecule has 0 spiro atoms. The number of thiophene rings is 1. The number of aliphatic hydroxyl groups excluding tert-OH is 1. The normalized spacial score (nSPS) is 17.2. The summed E-state index contributed by atoms with van der Waals surface area (Å²) < 4.78 is 16.2. The van der Waals surface area contributed by atoms with Crippen LogP contribution in [-0.2, 0) is 16.1 Å². The van der Waals surface area contributed by atoms with Gasteiger partial charge in [0.2, 0.25) is 0 Å². The lowest BCUT2D eigenvalue weighted by Gasteiger charge is -2.25. The van der Waals surface area contributed by atoms with Crippen molar-refractivity contribution >= 4 is 28.8 Å². The third-order valence-electron chi connectivity index (χ3n) is 5.78. The van der Waals surface area contributed by atoms with Gasteiger partial charge in [0, 0.05) is 4.88 Å². The number of amides is 1. The number of Topliss-reactive ketones (excluding diaryl/α,β-unsaturated/α-hetero) is 1. The van der Waals surface area contributed by atoms with Crippen molar-refractivity contribution in [3.05, 3.63) is 81.1 Å². The lowest BCUT2D eigenvalue weighted by atomic mass is 9.94. The summed E-state index contributed by atoms with van der Waals surface area (Å²) >= 11 is 1.49. The van der Waals surface area contributed by atoms with E-state index in [1.54, 1.807) is 30.3 Å². The Morgan fingerprint density at radius 3 is 2.32 bits per heavy atom. The van der Waals surface area contributed by atoms with Crippen LogP contribution in [0.1, 0.15) is 27.6 Å². The Hall–Kier alpha value is -3.78. The molecule has 176 valence electrons. The van der Waals surface area contributed by atoms with Crippen LogP contribution in [-0.4, -0.2) is 43.0 Å². The summed E-state index contributed by atoms with van der Waals surface area (Å²) in [4.78, 5) is 28.9. The molecule has 0 bridgehead atoms. The third-order valence-corrected chi connectivity index (χ3v) is 6.64. The molecule has 1 unspecified atom stereocenters. The van der Waals surface area contributed by atoms with Crippen molar-refractivity contribution in [2.45, 2.75) is 19.5 Å². The standard InChI is InChI=1S/C26H25NO6S/c1-15-7-9-19(31-2)18(12-15)24(28)22-23(16-8-10-20(32-3)21(13-16)33-4)27(26(30)25(22)29)14-17-6-5-11-34-17/h5-13,23,28H,14H2,1-4H3/b24-22+. The number of nitrogens with zero attached hydrogens (tertiary/aromatic N) is 1. The van der Waals surface area contributed by atoms with Crippen LogP contribution in [0.25, 0.3) is 5.76 Å². The van der Waals surface area contributed by atoms with Crippen molar-refractivity contribution in [2.24, 2.45) is 0 Å². The van der Waals surface area contributed by atoms with Crippen LogP contribution in [0.3, 0.4) is 0 Å². The fourth-order valence-corrected chi connectivity index (χ4v) is 4.84. The van der Waals surface area contributed by atoms with Crippen molar-refractivity contribution in [1.29, 1.82) is 0 Å². The van der Waals surface area contributed by atoms with Crippen LogP contribution in [0.15, 0.2) is 59.5 Å². The molecule has 2 heterocycles. The summed E-state index contributed by atoms with van der Waals surface area (Å²) in [6, 6.07) is 13.5. The van der Waals surface area contributed by atoms with Gasteiger partial charge in [-0.3, -0.25) is 9.59 Å². The van der Waals surface area contributed by atoms with E-state index in [0.717, 1.165) is 10.4 Å². The first-order chi connectivity index (χ1) is 16.4.